The van der Waals surface area contributed by atoms with Gasteiger partial charge in [-0.05, 0) is 6.42 Å². The number of carbonyl (C=O) groups is 1. The van der Waals surface area contributed by atoms with Gasteiger partial charge in [0.25, 0.3) is 0 Å². The van der Waals surface area contributed by atoms with Gasteiger partial charge in [0.2, 0.25) is 0 Å². The summed E-state index contributed by atoms with van der Waals surface area (Å²) < 4.78 is 24.2. The molecule has 1 heterocycles. The first kappa shape index (κ1) is 15.2. The topological polar surface area (TPSA) is 69.0 Å². The van der Waals surface area contributed by atoms with Crippen molar-refractivity contribution >= 4 is 27.7 Å². The van der Waals surface area contributed by atoms with E-state index in [1.54, 1.807) is 6.92 Å². The molecule has 0 radical (unpaired) electrons. The van der Waals surface area contributed by atoms with Crippen molar-refractivity contribution in [3.63, 3.8) is 0 Å². The Balaban J connectivity index is 2.93. The second-order valence-corrected chi connectivity index (χ2v) is 6.81. The summed E-state index contributed by atoms with van der Waals surface area (Å²) >= 11 is 6.01. The normalized spacial score (nSPS) is 11.7. The van der Waals surface area contributed by atoms with E-state index in [1.807, 2.05) is 6.92 Å². The predicted octanol–water partition coefficient (Wildman–Crippen LogP) is 1.74. The van der Waals surface area contributed by atoms with E-state index in [4.69, 9.17) is 11.6 Å². The fourth-order valence-electron chi connectivity index (χ4n) is 1.56. The van der Waals surface area contributed by atoms with Crippen molar-refractivity contribution in [2.24, 2.45) is 0 Å². The molecule has 0 bridgehead atoms. The highest BCUT2D eigenvalue weighted by Gasteiger charge is 2.16. The van der Waals surface area contributed by atoms with Gasteiger partial charge in [-0.1, -0.05) is 31.9 Å². The molecule has 1 aromatic heterocycles. The van der Waals surface area contributed by atoms with Crippen molar-refractivity contribution in [3.8, 4) is 0 Å². The van der Waals surface area contributed by atoms with E-state index in [0.717, 1.165) is 6.42 Å². The van der Waals surface area contributed by atoms with Crippen molar-refractivity contribution in [1.29, 1.82) is 0 Å². The van der Waals surface area contributed by atoms with Gasteiger partial charge in [0.15, 0.2) is 16.1 Å². The van der Waals surface area contributed by atoms with Crippen molar-refractivity contribution < 1.29 is 13.2 Å². The zero-order chi connectivity index (χ0) is 13.8. The summed E-state index contributed by atoms with van der Waals surface area (Å²) in [5.41, 5.74) is 0.999. The molecule has 0 spiro atoms. The summed E-state index contributed by atoms with van der Waals surface area (Å²) in [7, 11) is -3.06. The lowest BCUT2D eigenvalue weighted by Crippen LogP contribution is -2.15. The lowest BCUT2D eigenvalue weighted by Gasteiger charge is -2.03. The van der Waals surface area contributed by atoms with E-state index in [2.05, 4.69) is 5.10 Å². The van der Waals surface area contributed by atoms with Gasteiger partial charge in [-0.25, -0.2) is 8.42 Å². The largest absolute Gasteiger partial charge is 0.298 e. The SMILES string of the molecule is CCCc1nn(CCS(=O)(=O)CC)c(Cl)c1C=O. The Morgan fingerprint density at radius 1 is 1.39 bits per heavy atom. The average molecular weight is 293 g/mol. The number of hydrogen-bond acceptors (Lipinski definition) is 4. The summed E-state index contributed by atoms with van der Waals surface area (Å²) in [6, 6.07) is 0. The van der Waals surface area contributed by atoms with E-state index >= 15 is 0 Å². The van der Waals surface area contributed by atoms with Crippen LogP contribution < -0.4 is 0 Å². The van der Waals surface area contributed by atoms with Gasteiger partial charge in [0.05, 0.1) is 23.6 Å². The fourth-order valence-corrected chi connectivity index (χ4v) is 2.57. The minimum atomic E-state index is -3.06. The van der Waals surface area contributed by atoms with Gasteiger partial charge in [-0.3, -0.25) is 9.48 Å². The first-order valence-electron chi connectivity index (χ1n) is 5.86. The Kier molecular flexibility index (Phi) is 5.34. The lowest BCUT2D eigenvalue weighted by atomic mass is 10.2. The molecule has 5 nitrogen and oxygen atoms in total. The molecule has 0 saturated heterocycles. The Bertz CT molecular complexity index is 523. The third-order valence-electron chi connectivity index (χ3n) is 2.66. The van der Waals surface area contributed by atoms with E-state index < -0.39 is 9.84 Å². The molecule has 0 fully saturated rings. The number of hydrogen-bond donors (Lipinski definition) is 0. The van der Waals surface area contributed by atoms with Crippen LogP contribution in [0.2, 0.25) is 5.15 Å². The number of carbonyl (C=O) groups excluding carboxylic acids is 1. The molecule has 0 aromatic carbocycles. The highest BCUT2D eigenvalue weighted by atomic mass is 35.5. The van der Waals surface area contributed by atoms with Crippen molar-refractivity contribution in [1.82, 2.24) is 9.78 Å². The molecular weight excluding hydrogens is 276 g/mol. The number of aryl methyl sites for hydroxylation is 2. The molecule has 0 saturated carbocycles. The van der Waals surface area contributed by atoms with Crippen LogP contribution in [0.1, 0.15) is 36.3 Å². The van der Waals surface area contributed by atoms with Crippen LogP contribution in [0.15, 0.2) is 0 Å². The first-order chi connectivity index (χ1) is 8.45. The zero-order valence-electron chi connectivity index (χ0n) is 10.5. The molecule has 1 rings (SSSR count). The van der Waals surface area contributed by atoms with Crippen molar-refractivity contribution in [2.75, 3.05) is 11.5 Å². The third-order valence-corrected chi connectivity index (χ3v) is 4.74. The molecular formula is C11H17ClN2O3S. The van der Waals surface area contributed by atoms with E-state index in [1.165, 1.54) is 4.68 Å². The molecule has 0 aliphatic rings. The Hall–Kier alpha value is -0.880. The van der Waals surface area contributed by atoms with E-state index in [-0.39, 0.29) is 23.2 Å². The maximum Gasteiger partial charge on any atom is 0.155 e. The number of rotatable bonds is 7. The first-order valence-corrected chi connectivity index (χ1v) is 8.05. The van der Waals surface area contributed by atoms with Crippen molar-refractivity contribution in [2.45, 2.75) is 33.2 Å². The van der Waals surface area contributed by atoms with Crippen LogP contribution in [0, 0.1) is 0 Å². The summed E-state index contributed by atoms with van der Waals surface area (Å²) in [5.74, 6) is 0.0724. The monoisotopic (exact) mass is 292 g/mol. The molecule has 0 aliphatic carbocycles. The number of halogens is 1. The molecule has 0 aliphatic heterocycles. The molecule has 1 aromatic rings. The molecule has 0 N–H and O–H groups in total. The van der Waals surface area contributed by atoms with Gasteiger partial charge >= 0.3 is 0 Å². The minimum absolute atomic E-state index is 0.0191. The zero-order valence-corrected chi connectivity index (χ0v) is 12.1. The highest BCUT2D eigenvalue weighted by Crippen LogP contribution is 2.19. The van der Waals surface area contributed by atoms with Crippen molar-refractivity contribution in [3.05, 3.63) is 16.4 Å². The smallest absolute Gasteiger partial charge is 0.155 e. The molecule has 18 heavy (non-hydrogen) atoms. The Morgan fingerprint density at radius 2 is 2.06 bits per heavy atom. The minimum Gasteiger partial charge on any atom is -0.298 e. The van der Waals surface area contributed by atoms with Crippen LogP contribution >= 0.6 is 11.6 Å². The number of nitrogens with zero attached hydrogens (tertiary/aromatic N) is 2. The van der Waals surface area contributed by atoms with Crippen LogP contribution in [0.5, 0.6) is 0 Å². The standard InChI is InChI=1S/C11H17ClN2O3S/c1-3-5-10-9(8-15)11(12)14(13-10)6-7-18(16,17)4-2/h8H,3-7H2,1-2H3. The molecule has 7 heteroatoms. The highest BCUT2D eigenvalue weighted by molar-refractivity contribution is 7.91. The van der Waals surface area contributed by atoms with Crippen LogP contribution in [0.4, 0.5) is 0 Å². The van der Waals surface area contributed by atoms with Gasteiger partial charge < -0.3 is 0 Å². The molecule has 102 valence electrons. The number of aromatic nitrogens is 2. The quantitative estimate of drug-likeness (QED) is 0.718. The average Bonchev–Trinajstić information content (AvgIpc) is 2.63. The molecule has 0 atom stereocenters. The maximum absolute atomic E-state index is 11.4. The van der Waals surface area contributed by atoms with Crippen LogP contribution in [0.25, 0.3) is 0 Å². The van der Waals surface area contributed by atoms with Crippen LogP contribution in [-0.4, -0.2) is 36.0 Å². The maximum atomic E-state index is 11.4. The van der Waals surface area contributed by atoms with Gasteiger partial charge in [-0.2, -0.15) is 5.10 Å². The Morgan fingerprint density at radius 3 is 2.56 bits per heavy atom. The summed E-state index contributed by atoms with van der Waals surface area (Å²) in [5, 5.41) is 4.42. The van der Waals surface area contributed by atoms with Gasteiger partial charge in [0.1, 0.15) is 5.15 Å². The lowest BCUT2D eigenvalue weighted by molar-refractivity contribution is 0.112. The van der Waals surface area contributed by atoms with E-state index in [0.29, 0.717) is 24.0 Å². The predicted molar refractivity (Wildman–Crippen MR) is 70.9 cm³/mol. The van der Waals surface area contributed by atoms with Gasteiger partial charge in [-0.15, -0.1) is 0 Å². The molecule has 0 unspecified atom stereocenters. The second-order valence-electron chi connectivity index (χ2n) is 3.98. The fraction of sp³-hybridized carbons (Fsp3) is 0.636. The van der Waals surface area contributed by atoms with Crippen LogP contribution in [0.3, 0.4) is 0 Å². The van der Waals surface area contributed by atoms with Gasteiger partial charge in [0, 0.05) is 5.75 Å². The number of aldehydes is 1. The second kappa shape index (κ2) is 6.33. The summed E-state index contributed by atoms with van der Waals surface area (Å²) in [6.07, 6.45) is 2.17. The summed E-state index contributed by atoms with van der Waals surface area (Å²) in [6.45, 7) is 3.75. The van der Waals surface area contributed by atoms with E-state index in [9.17, 15) is 13.2 Å². The summed E-state index contributed by atoms with van der Waals surface area (Å²) in [4.78, 5) is 10.9. The third kappa shape index (κ3) is 3.55. The van der Waals surface area contributed by atoms with Crippen LogP contribution in [-0.2, 0) is 22.8 Å². The Labute approximate surface area is 112 Å². The number of sulfone groups is 1. The molecule has 0 amide bonds.